The van der Waals surface area contributed by atoms with Gasteiger partial charge in [-0.1, -0.05) is 61.4 Å². The lowest BCUT2D eigenvalue weighted by atomic mass is 9.98. The van der Waals surface area contributed by atoms with Gasteiger partial charge in [0.25, 0.3) is 0 Å². The van der Waals surface area contributed by atoms with Gasteiger partial charge < -0.3 is 4.74 Å². The Morgan fingerprint density at radius 2 is 1.86 bits per heavy atom. The summed E-state index contributed by atoms with van der Waals surface area (Å²) in [5, 5.41) is 2.46. The van der Waals surface area contributed by atoms with E-state index in [1.165, 1.54) is 41.2 Å². The molecule has 108 valence electrons. The predicted octanol–water partition coefficient (Wildman–Crippen LogP) is 5.75. The molecule has 0 aromatic heterocycles. The van der Waals surface area contributed by atoms with Gasteiger partial charge in [-0.2, -0.15) is 0 Å². The molecule has 1 aliphatic carbocycles. The summed E-state index contributed by atoms with van der Waals surface area (Å²) in [6, 6.07) is 12.8. The fourth-order valence-electron chi connectivity index (χ4n) is 3.05. The third-order valence-corrected chi connectivity index (χ3v) is 4.21. The lowest BCUT2D eigenvalue weighted by Gasteiger charge is -2.10. The van der Waals surface area contributed by atoms with Gasteiger partial charge in [-0.15, -0.1) is 0 Å². The van der Waals surface area contributed by atoms with Crippen molar-refractivity contribution in [2.45, 2.75) is 32.6 Å². The summed E-state index contributed by atoms with van der Waals surface area (Å²) in [6.07, 6.45) is 9.62. The van der Waals surface area contributed by atoms with Gasteiger partial charge in [0.05, 0.1) is 7.11 Å². The molecule has 0 saturated heterocycles. The van der Waals surface area contributed by atoms with Crippen LogP contribution in [0.15, 0.2) is 54.1 Å². The van der Waals surface area contributed by atoms with E-state index in [4.69, 9.17) is 4.74 Å². The van der Waals surface area contributed by atoms with E-state index in [-0.39, 0.29) is 0 Å². The highest BCUT2D eigenvalue weighted by Crippen LogP contribution is 2.36. The van der Waals surface area contributed by atoms with Gasteiger partial charge in [0.2, 0.25) is 0 Å². The molecule has 2 aromatic rings. The summed E-state index contributed by atoms with van der Waals surface area (Å²) >= 11 is 0. The Morgan fingerprint density at radius 1 is 1.05 bits per heavy atom. The summed E-state index contributed by atoms with van der Waals surface area (Å²) in [5.41, 5.74) is 4.24. The molecule has 1 nitrogen and oxygen atoms in total. The molecular weight excluding hydrogens is 256 g/mol. The van der Waals surface area contributed by atoms with Crippen LogP contribution in [0.25, 0.3) is 16.3 Å². The predicted molar refractivity (Wildman–Crippen MR) is 90.7 cm³/mol. The van der Waals surface area contributed by atoms with Gasteiger partial charge in [0.15, 0.2) is 0 Å². The fourth-order valence-corrected chi connectivity index (χ4v) is 3.05. The van der Waals surface area contributed by atoms with Crippen LogP contribution in [0.4, 0.5) is 0 Å². The Morgan fingerprint density at radius 3 is 2.62 bits per heavy atom. The van der Waals surface area contributed by atoms with E-state index < -0.39 is 0 Å². The highest BCUT2D eigenvalue weighted by Gasteiger charge is 2.12. The van der Waals surface area contributed by atoms with E-state index in [1.54, 1.807) is 12.7 Å². The first-order valence-electron chi connectivity index (χ1n) is 7.79. The molecule has 0 saturated carbocycles. The van der Waals surface area contributed by atoms with Crippen molar-refractivity contribution in [3.8, 4) is 5.75 Å². The third kappa shape index (κ3) is 2.73. The Kier molecular flexibility index (Phi) is 4.10. The topological polar surface area (TPSA) is 9.23 Å². The number of ether oxygens (including phenoxy) is 1. The molecule has 0 unspecified atom stereocenters. The van der Waals surface area contributed by atoms with Crippen LogP contribution >= 0.6 is 0 Å². The van der Waals surface area contributed by atoms with Crippen LogP contribution < -0.4 is 4.74 Å². The number of unbranched alkanes of at least 4 members (excludes halogenated alkanes) is 1. The van der Waals surface area contributed by atoms with Gasteiger partial charge in [-0.25, -0.2) is 0 Å². The Balaban J connectivity index is 2.01. The largest absolute Gasteiger partial charge is 0.496 e. The van der Waals surface area contributed by atoms with Crippen LogP contribution in [0.5, 0.6) is 5.75 Å². The molecule has 21 heavy (non-hydrogen) atoms. The summed E-state index contributed by atoms with van der Waals surface area (Å²) in [6.45, 7) is 2.25. The van der Waals surface area contributed by atoms with Gasteiger partial charge in [-0.05, 0) is 41.9 Å². The van der Waals surface area contributed by atoms with Crippen LogP contribution in [-0.4, -0.2) is 7.11 Å². The average molecular weight is 278 g/mol. The summed E-state index contributed by atoms with van der Waals surface area (Å²) in [5.74, 6) is 0.947. The minimum Gasteiger partial charge on any atom is -0.496 e. The van der Waals surface area contributed by atoms with E-state index in [9.17, 15) is 0 Å². The molecule has 1 aliphatic rings. The van der Waals surface area contributed by atoms with Crippen molar-refractivity contribution in [1.29, 1.82) is 0 Å². The molecule has 1 heteroatoms. The van der Waals surface area contributed by atoms with Gasteiger partial charge in [-0.3, -0.25) is 0 Å². The number of allylic oxidation sites excluding steroid dienone is 4. The Labute approximate surface area is 126 Å². The maximum absolute atomic E-state index is 5.48. The van der Waals surface area contributed by atoms with Gasteiger partial charge >= 0.3 is 0 Å². The summed E-state index contributed by atoms with van der Waals surface area (Å²) in [4.78, 5) is 0. The molecular formula is C20H22O. The number of benzene rings is 2. The zero-order valence-corrected chi connectivity index (χ0v) is 12.9. The van der Waals surface area contributed by atoms with Crippen molar-refractivity contribution in [2.24, 2.45) is 0 Å². The van der Waals surface area contributed by atoms with Crippen molar-refractivity contribution in [3.05, 3.63) is 59.7 Å². The minimum absolute atomic E-state index is 0.947. The second-order valence-corrected chi connectivity index (χ2v) is 5.63. The third-order valence-electron chi connectivity index (χ3n) is 4.21. The van der Waals surface area contributed by atoms with Crippen molar-refractivity contribution >= 4 is 16.3 Å². The molecule has 0 amide bonds. The lowest BCUT2D eigenvalue weighted by Crippen LogP contribution is -1.88. The molecule has 0 aliphatic heterocycles. The number of fused-ring (bicyclic) bond motifs is 1. The standard InChI is InChI=1S/C20H22O/c1-3-4-7-15-10-11-16(14-15)17-12-13-20(21-2)19-9-6-5-8-18(17)19/h5-6,8-9,11-14H,3-4,7,10H2,1-2H3. The quantitative estimate of drug-likeness (QED) is 0.676. The van der Waals surface area contributed by atoms with Gasteiger partial charge in [0, 0.05) is 5.39 Å². The lowest BCUT2D eigenvalue weighted by molar-refractivity contribution is 0.420. The number of methoxy groups -OCH3 is 1. The number of rotatable bonds is 5. The van der Waals surface area contributed by atoms with E-state index in [1.807, 2.05) is 0 Å². The highest BCUT2D eigenvalue weighted by molar-refractivity contribution is 5.99. The zero-order chi connectivity index (χ0) is 14.7. The van der Waals surface area contributed by atoms with Gasteiger partial charge in [0.1, 0.15) is 5.75 Å². The smallest absolute Gasteiger partial charge is 0.126 e. The Hall–Kier alpha value is -2.02. The SMILES string of the molecule is CCCCC1=CC(c2ccc(OC)c3ccccc23)=CC1. The van der Waals surface area contributed by atoms with Crippen LogP contribution in [-0.2, 0) is 0 Å². The monoisotopic (exact) mass is 278 g/mol. The van der Waals surface area contributed by atoms with Crippen molar-refractivity contribution in [2.75, 3.05) is 7.11 Å². The maximum atomic E-state index is 5.48. The van der Waals surface area contributed by atoms with Crippen LogP contribution in [0.2, 0.25) is 0 Å². The molecule has 0 fully saturated rings. The molecule has 0 radical (unpaired) electrons. The van der Waals surface area contributed by atoms with E-state index in [0.717, 1.165) is 12.2 Å². The molecule has 0 N–H and O–H groups in total. The van der Waals surface area contributed by atoms with E-state index >= 15 is 0 Å². The van der Waals surface area contributed by atoms with Crippen molar-refractivity contribution in [1.82, 2.24) is 0 Å². The molecule has 0 heterocycles. The molecule has 3 rings (SSSR count). The number of hydrogen-bond donors (Lipinski definition) is 0. The van der Waals surface area contributed by atoms with E-state index in [2.05, 4.69) is 55.5 Å². The normalized spacial score (nSPS) is 14.2. The van der Waals surface area contributed by atoms with Crippen LogP contribution in [0.1, 0.15) is 38.2 Å². The van der Waals surface area contributed by atoms with Crippen molar-refractivity contribution < 1.29 is 4.74 Å². The molecule has 0 bridgehead atoms. The van der Waals surface area contributed by atoms with Crippen LogP contribution in [0.3, 0.4) is 0 Å². The van der Waals surface area contributed by atoms with Crippen LogP contribution in [0, 0.1) is 0 Å². The van der Waals surface area contributed by atoms with Crippen molar-refractivity contribution in [3.63, 3.8) is 0 Å². The molecule has 2 aromatic carbocycles. The number of hydrogen-bond acceptors (Lipinski definition) is 1. The first-order chi connectivity index (χ1) is 10.3. The second kappa shape index (κ2) is 6.17. The Bertz CT molecular complexity index is 707. The summed E-state index contributed by atoms with van der Waals surface area (Å²) < 4.78 is 5.48. The molecule has 0 atom stereocenters. The summed E-state index contributed by atoms with van der Waals surface area (Å²) in [7, 11) is 1.74. The van der Waals surface area contributed by atoms with E-state index in [0.29, 0.717) is 0 Å². The maximum Gasteiger partial charge on any atom is 0.126 e. The second-order valence-electron chi connectivity index (χ2n) is 5.63. The highest BCUT2D eigenvalue weighted by atomic mass is 16.5. The average Bonchev–Trinajstić information content (AvgIpc) is 3.00. The first kappa shape index (κ1) is 13.9. The first-order valence-corrected chi connectivity index (χ1v) is 7.79. The fraction of sp³-hybridized carbons (Fsp3) is 0.300. The minimum atomic E-state index is 0.947. The zero-order valence-electron chi connectivity index (χ0n) is 12.9. The molecule has 0 spiro atoms.